The molecule has 0 fully saturated rings. The highest BCUT2D eigenvalue weighted by molar-refractivity contribution is 9.10. The van der Waals surface area contributed by atoms with Crippen molar-refractivity contribution in [3.8, 4) is 0 Å². The van der Waals surface area contributed by atoms with Crippen molar-refractivity contribution in [1.82, 2.24) is 9.97 Å². The van der Waals surface area contributed by atoms with E-state index in [2.05, 4.69) is 58.9 Å². The summed E-state index contributed by atoms with van der Waals surface area (Å²) in [4.78, 5) is 8.14. The van der Waals surface area contributed by atoms with Crippen molar-refractivity contribution in [2.24, 2.45) is 17.8 Å². The molecule has 0 aliphatic heterocycles. The number of hydrogen-bond donors (Lipinski definition) is 1. The molecule has 0 amide bonds. The van der Waals surface area contributed by atoms with E-state index in [0.717, 1.165) is 16.8 Å². The molecule has 0 aliphatic rings. The SMILES string of the molecule is CC(C)C(CNc1ncncc1Br)C(C)C. The van der Waals surface area contributed by atoms with Crippen molar-refractivity contribution in [3.05, 3.63) is 17.0 Å². The van der Waals surface area contributed by atoms with Gasteiger partial charge in [0, 0.05) is 12.7 Å². The molecule has 0 saturated heterocycles. The van der Waals surface area contributed by atoms with Crippen LogP contribution in [0, 0.1) is 17.8 Å². The summed E-state index contributed by atoms with van der Waals surface area (Å²) < 4.78 is 0.918. The number of aromatic nitrogens is 2. The van der Waals surface area contributed by atoms with Crippen LogP contribution in [-0.4, -0.2) is 16.5 Å². The summed E-state index contributed by atoms with van der Waals surface area (Å²) in [5, 5.41) is 3.38. The quantitative estimate of drug-likeness (QED) is 0.899. The van der Waals surface area contributed by atoms with Crippen molar-refractivity contribution in [1.29, 1.82) is 0 Å². The molecule has 0 atom stereocenters. The first kappa shape index (κ1) is 13.4. The number of anilines is 1. The van der Waals surface area contributed by atoms with E-state index >= 15 is 0 Å². The number of nitrogens with zero attached hydrogens (tertiary/aromatic N) is 2. The van der Waals surface area contributed by atoms with E-state index in [1.165, 1.54) is 0 Å². The Morgan fingerprint density at radius 1 is 1.25 bits per heavy atom. The molecule has 1 heterocycles. The molecule has 0 spiro atoms. The van der Waals surface area contributed by atoms with Gasteiger partial charge in [-0.25, -0.2) is 9.97 Å². The highest BCUT2D eigenvalue weighted by Crippen LogP contribution is 2.23. The maximum atomic E-state index is 4.20. The molecule has 90 valence electrons. The van der Waals surface area contributed by atoms with Crippen molar-refractivity contribution in [2.45, 2.75) is 27.7 Å². The zero-order chi connectivity index (χ0) is 12.1. The average molecular weight is 286 g/mol. The lowest BCUT2D eigenvalue weighted by Gasteiger charge is -2.25. The summed E-state index contributed by atoms with van der Waals surface area (Å²) in [6.45, 7) is 10.0. The molecule has 1 rings (SSSR count). The molecule has 16 heavy (non-hydrogen) atoms. The van der Waals surface area contributed by atoms with Gasteiger partial charge in [-0.15, -0.1) is 0 Å². The van der Waals surface area contributed by atoms with E-state index < -0.39 is 0 Å². The fourth-order valence-corrected chi connectivity index (χ4v) is 2.26. The van der Waals surface area contributed by atoms with E-state index in [1.54, 1.807) is 12.5 Å². The van der Waals surface area contributed by atoms with Gasteiger partial charge in [0.2, 0.25) is 0 Å². The molecule has 0 bridgehead atoms. The van der Waals surface area contributed by atoms with Crippen LogP contribution < -0.4 is 5.32 Å². The van der Waals surface area contributed by atoms with Gasteiger partial charge in [0.15, 0.2) is 0 Å². The first-order valence-corrected chi connectivity index (χ1v) is 6.51. The Kier molecular flexibility index (Phi) is 5.19. The predicted molar refractivity (Wildman–Crippen MR) is 71.4 cm³/mol. The van der Waals surface area contributed by atoms with Crippen LogP contribution in [0.4, 0.5) is 5.82 Å². The van der Waals surface area contributed by atoms with Crippen molar-refractivity contribution in [2.75, 3.05) is 11.9 Å². The van der Waals surface area contributed by atoms with Crippen LogP contribution in [0.5, 0.6) is 0 Å². The largest absolute Gasteiger partial charge is 0.369 e. The van der Waals surface area contributed by atoms with Gasteiger partial charge in [-0.1, -0.05) is 27.7 Å². The smallest absolute Gasteiger partial charge is 0.143 e. The normalized spacial score (nSPS) is 11.5. The fraction of sp³-hybridized carbons (Fsp3) is 0.667. The third kappa shape index (κ3) is 3.74. The summed E-state index contributed by atoms with van der Waals surface area (Å²) in [6, 6.07) is 0. The third-order valence-electron chi connectivity index (χ3n) is 2.89. The van der Waals surface area contributed by atoms with Crippen LogP contribution in [0.3, 0.4) is 0 Å². The van der Waals surface area contributed by atoms with Crippen LogP contribution in [0.15, 0.2) is 17.0 Å². The molecule has 0 saturated carbocycles. The summed E-state index contributed by atoms with van der Waals surface area (Å²) in [7, 11) is 0. The maximum absolute atomic E-state index is 4.20. The van der Waals surface area contributed by atoms with Gasteiger partial charge in [-0.3, -0.25) is 0 Å². The van der Waals surface area contributed by atoms with Crippen LogP contribution in [0.25, 0.3) is 0 Å². The van der Waals surface area contributed by atoms with Gasteiger partial charge in [0.05, 0.1) is 4.47 Å². The number of rotatable bonds is 5. The second kappa shape index (κ2) is 6.18. The zero-order valence-electron chi connectivity index (χ0n) is 10.4. The van der Waals surface area contributed by atoms with Crippen LogP contribution in [0.2, 0.25) is 0 Å². The third-order valence-corrected chi connectivity index (χ3v) is 3.47. The molecule has 1 aromatic heterocycles. The molecular weight excluding hydrogens is 266 g/mol. The first-order valence-electron chi connectivity index (χ1n) is 5.71. The van der Waals surface area contributed by atoms with Gasteiger partial charge >= 0.3 is 0 Å². The van der Waals surface area contributed by atoms with Gasteiger partial charge in [0.25, 0.3) is 0 Å². The minimum Gasteiger partial charge on any atom is -0.369 e. The van der Waals surface area contributed by atoms with Gasteiger partial charge < -0.3 is 5.32 Å². The topological polar surface area (TPSA) is 37.8 Å². The van der Waals surface area contributed by atoms with E-state index in [1.807, 2.05) is 0 Å². The van der Waals surface area contributed by atoms with Crippen LogP contribution >= 0.6 is 15.9 Å². The molecule has 0 aliphatic carbocycles. The van der Waals surface area contributed by atoms with Gasteiger partial charge in [0.1, 0.15) is 12.1 Å². The maximum Gasteiger partial charge on any atom is 0.143 e. The van der Waals surface area contributed by atoms with Crippen LogP contribution in [0.1, 0.15) is 27.7 Å². The second-order valence-corrected chi connectivity index (χ2v) is 5.61. The number of hydrogen-bond acceptors (Lipinski definition) is 3. The Balaban J connectivity index is 2.59. The van der Waals surface area contributed by atoms with E-state index in [-0.39, 0.29) is 0 Å². The van der Waals surface area contributed by atoms with E-state index in [0.29, 0.717) is 17.8 Å². The standard InChI is InChI=1S/C12H20BrN3/c1-8(2)10(9(3)4)5-15-12-11(13)6-14-7-16-12/h6-10H,5H2,1-4H3,(H,14,15,16). The molecule has 1 aromatic rings. The molecule has 0 aromatic carbocycles. The van der Waals surface area contributed by atoms with Crippen LogP contribution in [-0.2, 0) is 0 Å². The molecule has 3 nitrogen and oxygen atoms in total. The lowest BCUT2D eigenvalue weighted by Crippen LogP contribution is -2.25. The second-order valence-electron chi connectivity index (χ2n) is 4.75. The lowest BCUT2D eigenvalue weighted by atomic mass is 9.85. The molecular formula is C12H20BrN3. The Morgan fingerprint density at radius 2 is 1.88 bits per heavy atom. The van der Waals surface area contributed by atoms with Gasteiger partial charge in [-0.2, -0.15) is 0 Å². The van der Waals surface area contributed by atoms with E-state index in [9.17, 15) is 0 Å². The monoisotopic (exact) mass is 285 g/mol. The Morgan fingerprint density at radius 3 is 2.38 bits per heavy atom. The van der Waals surface area contributed by atoms with Crippen molar-refractivity contribution >= 4 is 21.7 Å². The Labute approximate surface area is 106 Å². The van der Waals surface area contributed by atoms with Crippen molar-refractivity contribution < 1.29 is 0 Å². The van der Waals surface area contributed by atoms with E-state index in [4.69, 9.17) is 0 Å². The molecule has 0 radical (unpaired) electrons. The fourth-order valence-electron chi connectivity index (χ4n) is 1.90. The van der Waals surface area contributed by atoms with Gasteiger partial charge in [-0.05, 0) is 33.7 Å². The Bertz CT molecular complexity index is 318. The first-order chi connectivity index (χ1) is 7.52. The minimum atomic E-state index is 0.655. The summed E-state index contributed by atoms with van der Waals surface area (Å²) in [5.74, 6) is 2.88. The predicted octanol–water partition coefficient (Wildman–Crippen LogP) is 3.58. The molecule has 1 N–H and O–H groups in total. The summed E-state index contributed by atoms with van der Waals surface area (Å²) in [5.41, 5.74) is 0. The average Bonchev–Trinajstić information content (AvgIpc) is 2.20. The van der Waals surface area contributed by atoms with Crippen molar-refractivity contribution in [3.63, 3.8) is 0 Å². The highest BCUT2D eigenvalue weighted by atomic mass is 79.9. The minimum absolute atomic E-state index is 0.655. The molecule has 4 heteroatoms. The summed E-state index contributed by atoms with van der Waals surface area (Å²) in [6.07, 6.45) is 3.32. The lowest BCUT2D eigenvalue weighted by molar-refractivity contribution is 0.304. The molecule has 0 unspecified atom stereocenters. The summed E-state index contributed by atoms with van der Waals surface area (Å²) >= 11 is 3.43. The Hall–Kier alpha value is -0.640. The zero-order valence-corrected chi connectivity index (χ0v) is 12.0. The number of halogens is 1. The number of nitrogens with one attached hydrogen (secondary N) is 1. The highest BCUT2D eigenvalue weighted by Gasteiger charge is 2.17.